The van der Waals surface area contributed by atoms with Gasteiger partial charge in [0.2, 0.25) is 11.7 Å². The molecular formula is C13H17ClN4O. The predicted molar refractivity (Wildman–Crippen MR) is 74.0 cm³/mol. The highest BCUT2D eigenvalue weighted by Gasteiger charge is 2.40. The number of aromatic nitrogens is 3. The molecule has 2 aromatic rings. The third kappa shape index (κ3) is 2.62. The Hall–Kier alpha value is -1.46. The Morgan fingerprint density at radius 2 is 2.16 bits per heavy atom. The van der Waals surface area contributed by atoms with Crippen LogP contribution in [0.25, 0.3) is 11.4 Å². The lowest BCUT2D eigenvalue weighted by Crippen LogP contribution is -2.05. The van der Waals surface area contributed by atoms with Crippen molar-refractivity contribution in [1.82, 2.24) is 15.1 Å². The van der Waals surface area contributed by atoms with Crippen molar-refractivity contribution in [3.63, 3.8) is 0 Å². The number of hydrogen-bond acceptors (Lipinski definition) is 5. The Balaban J connectivity index is 0.00000133. The van der Waals surface area contributed by atoms with Gasteiger partial charge in [-0.05, 0) is 31.9 Å². The van der Waals surface area contributed by atoms with Crippen molar-refractivity contribution >= 4 is 12.4 Å². The van der Waals surface area contributed by atoms with Gasteiger partial charge in [-0.15, -0.1) is 12.4 Å². The Labute approximate surface area is 118 Å². The first-order valence-corrected chi connectivity index (χ1v) is 6.15. The van der Waals surface area contributed by atoms with Crippen LogP contribution in [0.5, 0.6) is 0 Å². The summed E-state index contributed by atoms with van der Waals surface area (Å²) < 4.78 is 5.12. The van der Waals surface area contributed by atoms with Crippen molar-refractivity contribution in [2.75, 3.05) is 0 Å². The fourth-order valence-electron chi connectivity index (χ4n) is 1.88. The zero-order valence-electron chi connectivity index (χ0n) is 11.0. The average molecular weight is 281 g/mol. The third-order valence-corrected chi connectivity index (χ3v) is 3.47. The molecule has 0 aliphatic heterocycles. The normalized spacial score (nSPS) is 17.6. The Morgan fingerprint density at radius 1 is 1.42 bits per heavy atom. The summed E-state index contributed by atoms with van der Waals surface area (Å²) >= 11 is 0. The summed E-state index contributed by atoms with van der Waals surface area (Å²) in [4.78, 5) is 8.72. The summed E-state index contributed by atoms with van der Waals surface area (Å²) in [6.45, 7) is 4.04. The highest BCUT2D eigenvalue weighted by molar-refractivity contribution is 5.85. The molecule has 0 bridgehead atoms. The summed E-state index contributed by atoms with van der Waals surface area (Å²) in [5, 5.41) is 3.96. The number of hydrogen-bond donors (Lipinski definition) is 1. The van der Waals surface area contributed by atoms with E-state index in [9.17, 15) is 0 Å². The quantitative estimate of drug-likeness (QED) is 0.935. The lowest BCUT2D eigenvalue weighted by atomic mass is 10.0. The molecule has 1 atom stereocenters. The molecule has 2 heterocycles. The standard InChI is InChI=1S/C13H16N4O.ClH/c1-8(14)12-16-11(17-18-12)9-3-6-15-10(7-9)13(2)4-5-13;/h3,6-8H,4-5,14H2,1-2H3;1H. The van der Waals surface area contributed by atoms with Crippen LogP contribution >= 0.6 is 12.4 Å². The molecule has 0 spiro atoms. The van der Waals surface area contributed by atoms with Gasteiger partial charge in [0.25, 0.3) is 0 Å². The van der Waals surface area contributed by atoms with Gasteiger partial charge in [0, 0.05) is 22.9 Å². The minimum absolute atomic E-state index is 0. The van der Waals surface area contributed by atoms with Gasteiger partial charge in [0.15, 0.2) is 0 Å². The highest BCUT2D eigenvalue weighted by Crippen LogP contribution is 2.47. The second kappa shape index (κ2) is 4.90. The van der Waals surface area contributed by atoms with E-state index in [0.29, 0.717) is 11.7 Å². The molecule has 5 nitrogen and oxygen atoms in total. The fourth-order valence-corrected chi connectivity index (χ4v) is 1.88. The fraction of sp³-hybridized carbons (Fsp3) is 0.462. The zero-order chi connectivity index (χ0) is 12.8. The maximum absolute atomic E-state index is 5.71. The molecule has 1 saturated carbocycles. The van der Waals surface area contributed by atoms with E-state index >= 15 is 0 Å². The van der Waals surface area contributed by atoms with Crippen molar-refractivity contribution in [2.45, 2.75) is 38.1 Å². The van der Waals surface area contributed by atoms with Crippen molar-refractivity contribution in [3.8, 4) is 11.4 Å². The monoisotopic (exact) mass is 280 g/mol. The van der Waals surface area contributed by atoms with E-state index in [-0.39, 0.29) is 23.9 Å². The van der Waals surface area contributed by atoms with Gasteiger partial charge in [-0.2, -0.15) is 4.98 Å². The van der Waals surface area contributed by atoms with E-state index in [2.05, 4.69) is 22.0 Å². The maximum Gasteiger partial charge on any atom is 0.243 e. The van der Waals surface area contributed by atoms with E-state index in [4.69, 9.17) is 10.3 Å². The Bertz CT molecular complexity index is 578. The van der Waals surface area contributed by atoms with Gasteiger partial charge in [-0.3, -0.25) is 4.98 Å². The van der Waals surface area contributed by atoms with E-state index in [1.807, 2.05) is 19.1 Å². The zero-order valence-corrected chi connectivity index (χ0v) is 11.8. The number of halogens is 1. The van der Waals surface area contributed by atoms with Crippen LogP contribution in [0.2, 0.25) is 0 Å². The smallest absolute Gasteiger partial charge is 0.243 e. The van der Waals surface area contributed by atoms with Crippen LogP contribution in [-0.2, 0) is 5.41 Å². The van der Waals surface area contributed by atoms with E-state index in [1.165, 1.54) is 12.8 Å². The molecular weight excluding hydrogens is 264 g/mol. The van der Waals surface area contributed by atoms with Gasteiger partial charge in [0.05, 0.1) is 6.04 Å². The van der Waals surface area contributed by atoms with Gasteiger partial charge in [-0.1, -0.05) is 12.1 Å². The SMILES string of the molecule is CC(N)c1nc(-c2ccnc(C3(C)CC3)c2)no1.Cl. The summed E-state index contributed by atoms with van der Waals surface area (Å²) in [5.41, 5.74) is 7.98. The van der Waals surface area contributed by atoms with Gasteiger partial charge >= 0.3 is 0 Å². The molecule has 2 aromatic heterocycles. The molecule has 1 aliphatic carbocycles. The van der Waals surface area contributed by atoms with Crippen LogP contribution in [-0.4, -0.2) is 15.1 Å². The van der Waals surface area contributed by atoms with Crippen molar-refractivity contribution in [2.24, 2.45) is 5.73 Å². The molecule has 0 amide bonds. The lowest BCUT2D eigenvalue weighted by molar-refractivity contribution is 0.362. The largest absolute Gasteiger partial charge is 0.337 e. The summed E-state index contributed by atoms with van der Waals surface area (Å²) in [5.74, 6) is 1.04. The first-order chi connectivity index (χ1) is 8.58. The van der Waals surface area contributed by atoms with E-state index in [0.717, 1.165) is 11.3 Å². The molecule has 1 fully saturated rings. The molecule has 1 aliphatic rings. The summed E-state index contributed by atoms with van der Waals surface area (Å²) in [6, 6.07) is 3.70. The van der Waals surface area contributed by atoms with Crippen LogP contribution < -0.4 is 5.73 Å². The number of nitrogens with zero attached hydrogens (tertiary/aromatic N) is 3. The Morgan fingerprint density at radius 3 is 2.74 bits per heavy atom. The molecule has 0 aromatic carbocycles. The van der Waals surface area contributed by atoms with Crippen LogP contribution in [0.4, 0.5) is 0 Å². The number of nitrogens with two attached hydrogens (primary N) is 1. The van der Waals surface area contributed by atoms with Crippen molar-refractivity contribution in [3.05, 3.63) is 29.9 Å². The minimum atomic E-state index is -0.242. The number of pyridine rings is 1. The number of rotatable bonds is 3. The maximum atomic E-state index is 5.71. The molecule has 102 valence electrons. The lowest BCUT2D eigenvalue weighted by Gasteiger charge is -2.07. The van der Waals surface area contributed by atoms with Crippen LogP contribution in [0.3, 0.4) is 0 Å². The van der Waals surface area contributed by atoms with Gasteiger partial charge in [0.1, 0.15) is 0 Å². The van der Waals surface area contributed by atoms with Gasteiger partial charge < -0.3 is 10.3 Å². The van der Waals surface area contributed by atoms with Crippen molar-refractivity contribution < 1.29 is 4.52 Å². The van der Waals surface area contributed by atoms with E-state index in [1.54, 1.807) is 6.20 Å². The molecule has 2 N–H and O–H groups in total. The van der Waals surface area contributed by atoms with Gasteiger partial charge in [-0.25, -0.2) is 0 Å². The molecule has 1 unspecified atom stereocenters. The third-order valence-electron chi connectivity index (χ3n) is 3.47. The second-order valence-corrected chi connectivity index (χ2v) is 5.24. The van der Waals surface area contributed by atoms with E-state index < -0.39 is 0 Å². The summed E-state index contributed by atoms with van der Waals surface area (Å²) in [7, 11) is 0. The van der Waals surface area contributed by atoms with Crippen LogP contribution in [0, 0.1) is 0 Å². The minimum Gasteiger partial charge on any atom is -0.337 e. The average Bonchev–Trinajstić information content (AvgIpc) is 2.95. The topological polar surface area (TPSA) is 77.8 Å². The summed E-state index contributed by atoms with van der Waals surface area (Å²) in [6.07, 6.45) is 4.19. The molecule has 19 heavy (non-hydrogen) atoms. The van der Waals surface area contributed by atoms with Crippen molar-refractivity contribution in [1.29, 1.82) is 0 Å². The molecule has 0 radical (unpaired) electrons. The first kappa shape index (κ1) is 14.0. The second-order valence-electron chi connectivity index (χ2n) is 5.24. The molecule has 3 rings (SSSR count). The Kier molecular flexibility index (Phi) is 3.60. The first-order valence-electron chi connectivity index (χ1n) is 6.15. The molecule has 0 saturated heterocycles. The van der Waals surface area contributed by atoms with Crippen LogP contribution in [0.15, 0.2) is 22.9 Å². The molecule has 6 heteroatoms. The van der Waals surface area contributed by atoms with Crippen LogP contribution in [0.1, 0.15) is 44.3 Å². The highest BCUT2D eigenvalue weighted by atomic mass is 35.5. The predicted octanol–water partition coefficient (Wildman–Crippen LogP) is 2.62.